The second-order valence-electron chi connectivity index (χ2n) is 4.97. The van der Waals surface area contributed by atoms with Crippen molar-refractivity contribution in [2.75, 3.05) is 18.0 Å². The Morgan fingerprint density at radius 2 is 1.90 bits per heavy atom. The van der Waals surface area contributed by atoms with E-state index in [0.717, 1.165) is 31.5 Å². The van der Waals surface area contributed by atoms with Crippen LogP contribution in [-0.4, -0.2) is 28.0 Å². The van der Waals surface area contributed by atoms with Gasteiger partial charge in [-0.15, -0.1) is 0 Å². The molecular weight excluding hydrogens is 286 g/mol. The third-order valence-electron chi connectivity index (χ3n) is 3.49. The van der Waals surface area contributed by atoms with Crippen molar-refractivity contribution in [3.8, 4) is 17.5 Å². The molecule has 0 N–H and O–H groups in total. The van der Waals surface area contributed by atoms with Crippen LogP contribution < -0.4 is 4.90 Å². The molecule has 0 bridgehead atoms. The molecule has 1 saturated heterocycles. The summed E-state index contributed by atoms with van der Waals surface area (Å²) in [4.78, 5) is 15.1. The molecule has 1 aliphatic rings. The maximum absolute atomic E-state index is 8.98. The van der Waals surface area contributed by atoms with E-state index in [1.807, 2.05) is 12.1 Å². The number of piperidine rings is 1. The fourth-order valence-corrected chi connectivity index (χ4v) is 2.59. The summed E-state index contributed by atoms with van der Waals surface area (Å²) >= 11 is 6.04. The average Bonchev–Trinajstić information content (AvgIpc) is 2.55. The van der Waals surface area contributed by atoms with Crippen LogP contribution in [0, 0.1) is 11.3 Å². The Bertz CT molecular complexity index is 689. The van der Waals surface area contributed by atoms with Gasteiger partial charge in [0.05, 0.1) is 11.6 Å². The van der Waals surface area contributed by atoms with Crippen LogP contribution in [0.25, 0.3) is 11.4 Å². The van der Waals surface area contributed by atoms with Crippen molar-refractivity contribution < 1.29 is 0 Å². The van der Waals surface area contributed by atoms with E-state index in [1.54, 1.807) is 12.1 Å². The summed E-state index contributed by atoms with van der Waals surface area (Å²) in [6.45, 7) is 1.88. The predicted molar refractivity (Wildman–Crippen MR) is 81.1 cm³/mol. The molecule has 0 radical (unpaired) electrons. The third kappa shape index (κ3) is 3.11. The highest BCUT2D eigenvalue weighted by molar-refractivity contribution is 6.28. The summed E-state index contributed by atoms with van der Waals surface area (Å²) < 4.78 is 0. The molecule has 2 aromatic rings. The fourth-order valence-electron chi connectivity index (χ4n) is 2.43. The quantitative estimate of drug-likeness (QED) is 0.852. The molecule has 106 valence electrons. The third-order valence-corrected chi connectivity index (χ3v) is 3.65. The fraction of sp³-hybridized carbons (Fsp3) is 0.333. The second kappa shape index (κ2) is 6.06. The molecule has 2 heterocycles. The largest absolute Gasteiger partial charge is 0.341 e. The van der Waals surface area contributed by atoms with Gasteiger partial charge in [0, 0.05) is 18.7 Å². The van der Waals surface area contributed by atoms with Crippen molar-refractivity contribution in [2.24, 2.45) is 0 Å². The summed E-state index contributed by atoms with van der Waals surface area (Å²) in [5.74, 6) is 1.12. The highest BCUT2D eigenvalue weighted by Crippen LogP contribution is 2.22. The normalized spacial score (nSPS) is 14.8. The number of aromatic nitrogens is 3. The number of hydrogen-bond donors (Lipinski definition) is 0. The lowest BCUT2D eigenvalue weighted by Crippen LogP contribution is -2.31. The molecule has 3 rings (SSSR count). The summed E-state index contributed by atoms with van der Waals surface area (Å²) in [7, 11) is 0. The number of rotatable bonds is 2. The number of hydrogen-bond acceptors (Lipinski definition) is 5. The molecule has 0 amide bonds. The van der Waals surface area contributed by atoms with Gasteiger partial charge < -0.3 is 4.90 Å². The molecule has 1 aromatic carbocycles. The monoisotopic (exact) mass is 299 g/mol. The number of benzene rings is 1. The Labute approximate surface area is 128 Å². The van der Waals surface area contributed by atoms with Crippen molar-refractivity contribution in [3.05, 3.63) is 35.1 Å². The van der Waals surface area contributed by atoms with Crippen LogP contribution in [0.15, 0.2) is 24.3 Å². The van der Waals surface area contributed by atoms with Crippen molar-refractivity contribution in [3.63, 3.8) is 0 Å². The first-order valence-electron chi connectivity index (χ1n) is 6.93. The van der Waals surface area contributed by atoms with Crippen LogP contribution >= 0.6 is 11.6 Å². The van der Waals surface area contributed by atoms with Gasteiger partial charge in [0.1, 0.15) is 0 Å². The van der Waals surface area contributed by atoms with E-state index in [-0.39, 0.29) is 5.28 Å². The Morgan fingerprint density at radius 1 is 1.10 bits per heavy atom. The first-order chi connectivity index (χ1) is 10.3. The first-order valence-corrected chi connectivity index (χ1v) is 7.31. The molecular formula is C15H14ClN5. The summed E-state index contributed by atoms with van der Waals surface area (Å²) in [5, 5.41) is 9.17. The van der Waals surface area contributed by atoms with Crippen LogP contribution in [0.5, 0.6) is 0 Å². The van der Waals surface area contributed by atoms with Crippen LogP contribution in [0.2, 0.25) is 5.28 Å². The van der Waals surface area contributed by atoms with Gasteiger partial charge in [-0.1, -0.05) is 12.1 Å². The SMILES string of the molecule is N#Cc1cccc(-c2nc(Cl)nc(N3CCCCC3)n2)c1. The molecule has 0 saturated carbocycles. The lowest BCUT2D eigenvalue weighted by molar-refractivity contribution is 0.567. The molecule has 5 nitrogen and oxygen atoms in total. The van der Waals surface area contributed by atoms with E-state index in [0.29, 0.717) is 17.3 Å². The van der Waals surface area contributed by atoms with Crippen LogP contribution in [-0.2, 0) is 0 Å². The molecule has 1 fully saturated rings. The van der Waals surface area contributed by atoms with Gasteiger partial charge in [-0.05, 0) is 43.0 Å². The van der Waals surface area contributed by atoms with Crippen LogP contribution in [0.4, 0.5) is 5.95 Å². The molecule has 0 atom stereocenters. The van der Waals surface area contributed by atoms with Crippen molar-refractivity contribution >= 4 is 17.5 Å². The van der Waals surface area contributed by atoms with E-state index in [9.17, 15) is 0 Å². The molecule has 6 heteroatoms. The van der Waals surface area contributed by atoms with Gasteiger partial charge in [0.25, 0.3) is 0 Å². The van der Waals surface area contributed by atoms with Gasteiger partial charge in [-0.2, -0.15) is 20.2 Å². The molecule has 21 heavy (non-hydrogen) atoms. The zero-order valence-electron chi connectivity index (χ0n) is 11.5. The molecule has 0 spiro atoms. The number of halogens is 1. The molecule has 1 aliphatic heterocycles. The van der Waals surface area contributed by atoms with Gasteiger partial charge in [0.2, 0.25) is 11.2 Å². The summed E-state index contributed by atoms with van der Waals surface area (Å²) in [5.41, 5.74) is 1.35. The van der Waals surface area contributed by atoms with E-state index < -0.39 is 0 Å². The van der Waals surface area contributed by atoms with E-state index in [4.69, 9.17) is 16.9 Å². The first kappa shape index (κ1) is 13.8. The van der Waals surface area contributed by atoms with E-state index in [1.165, 1.54) is 6.42 Å². The lowest BCUT2D eigenvalue weighted by atomic mass is 10.1. The number of nitriles is 1. The zero-order valence-corrected chi connectivity index (χ0v) is 12.2. The number of nitrogens with zero attached hydrogens (tertiary/aromatic N) is 5. The minimum absolute atomic E-state index is 0.183. The standard InChI is InChI=1S/C15H14ClN5/c16-14-18-13(12-6-4-5-11(9-12)10-17)19-15(20-14)21-7-2-1-3-8-21/h4-6,9H,1-3,7-8H2. The van der Waals surface area contributed by atoms with Crippen molar-refractivity contribution in [2.45, 2.75) is 19.3 Å². The van der Waals surface area contributed by atoms with Crippen LogP contribution in [0.3, 0.4) is 0 Å². The Morgan fingerprint density at radius 3 is 2.67 bits per heavy atom. The Balaban J connectivity index is 1.98. The van der Waals surface area contributed by atoms with Gasteiger partial charge in [0.15, 0.2) is 5.82 Å². The van der Waals surface area contributed by atoms with Crippen LogP contribution in [0.1, 0.15) is 24.8 Å². The lowest BCUT2D eigenvalue weighted by Gasteiger charge is -2.26. The number of anilines is 1. The predicted octanol–water partition coefficient (Wildman–Crippen LogP) is 3.05. The van der Waals surface area contributed by atoms with Gasteiger partial charge >= 0.3 is 0 Å². The zero-order chi connectivity index (χ0) is 14.7. The Kier molecular flexibility index (Phi) is 3.98. The minimum Gasteiger partial charge on any atom is -0.341 e. The van der Waals surface area contributed by atoms with Crippen molar-refractivity contribution in [1.82, 2.24) is 15.0 Å². The Hall–Kier alpha value is -2.19. The molecule has 0 aliphatic carbocycles. The molecule has 0 unspecified atom stereocenters. The maximum Gasteiger partial charge on any atom is 0.230 e. The van der Waals surface area contributed by atoms with Crippen molar-refractivity contribution in [1.29, 1.82) is 5.26 Å². The minimum atomic E-state index is 0.183. The summed E-state index contributed by atoms with van der Waals surface area (Å²) in [6.07, 6.45) is 3.53. The van der Waals surface area contributed by atoms with Gasteiger partial charge in [-0.25, -0.2) is 0 Å². The van der Waals surface area contributed by atoms with E-state index >= 15 is 0 Å². The highest BCUT2D eigenvalue weighted by atomic mass is 35.5. The summed E-state index contributed by atoms with van der Waals surface area (Å²) in [6, 6.07) is 9.30. The smallest absolute Gasteiger partial charge is 0.230 e. The van der Waals surface area contributed by atoms with Gasteiger partial charge in [-0.3, -0.25) is 0 Å². The maximum atomic E-state index is 8.98. The highest BCUT2D eigenvalue weighted by Gasteiger charge is 2.16. The van der Waals surface area contributed by atoms with E-state index in [2.05, 4.69) is 25.9 Å². The topological polar surface area (TPSA) is 65.7 Å². The molecule has 1 aromatic heterocycles. The second-order valence-corrected chi connectivity index (χ2v) is 5.31. The average molecular weight is 300 g/mol.